The summed E-state index contributed by atoms with van der Waals surface area (Å²) in [6.07, 6.45) is 2.02. The van der Waals surface area contributed by atoms with Crippen molar-refractivity contribution in [3.8, 4) is 0 Å². The SMILES string of the molecule is CC[C@@H](C)[C@H](NC(=O)Cc1cccs1)c1nnc(S(C)(=O)=O)o1. The average Bonchev–Trinajstić information content (AvgIpc) is 3.14. The Kier molecular flexibility index (Phi) is 5.53. The molecule has 9 heteroatoms. The van der Waals surface area contributed by atoms with Crippen LogP contribution in [0.2, 0.25) is 0 Å². The van der Waals surface area contributed by atoms with Crippen molar-refractivity contribution in [3.05, 3.63) is 28.3 Å². The maximum Gasteiger partial charge on any atom is 0.335 e. The molecule has 2 aromatic heterocycles. The molecule has 2 aromatic rings. The van der Waals surface area contributed by atoms with Crippen molar-refractivity contribution >= 4 is 27.1 Å². The molecule has 126 valence electrons. The molecule has 0 saturated heterocycles. The second kappa shape index (κ2) is 7.22. The third-order valence-corrected chi connectivity index (χ3v) is 5.13. The first-order chi connectivity index (χ1) is 10.8. The van der Waals surface area contributed by atoms with Crippen LogP contribution in [0.1, 0.15) is 37.1 Å². The van der Waals surface area contributed by atoms with Crippen LogP contribution in [0.25, 0.3) is 0 Å². The molecule has 1 amide bonds. The van der Waals surface area contributed by atoms with Gasteiger partial charge in [-0.25, -0.2) is 8.42 Å². The van der Waals surface area contributed by atoms with Crippen molar-refractivity contribution in [2.24, 2.45) is 5.92 Å². The molecule has 7 nitrogen and oxygen atoms in total. The quantitative estimate of drug-likeness (QED) is 0.813. The standard InChI is InChI=1S/C14H19N3O4S2/c1-4-9(2)12(13-16-17-14(21-13)23(3,19)20)15-11(18)8-10-6-5-7-22-10/h5-7,9,12H,4,8H2,1-3H3,(H,15,18)/t9-,12+/m1/s1. The maximum atomic E-state index is 12.2. The largest absolute Gasteiger partial charge is 0.410 e. The predicted octanol–water partition coefficient (Wildman–Crippen LogP) is 1.98. The second-order valence-corrected chi connectivity index (χ2v) is 8.29. The highest BCUT2D eigenvalue weighted by Gasteiger charge is 2.28. The van der Waals surface area contributed by atoms with Crippen LogP contribution in [0.15, 0.2) is 27.2 Å². The predicted molar refractivity (Wildman–Crippen MR) is 85.8 cm³/mol. The number of sulfone groups is 1. The fraction of sp³-hybridized carbons (Fsp3) is 0.500. The topological polar surface area (TPSA) is 102 Å². The molecule has 2 heterocycles. The third-order valence-electron chi connectivity index (χ3n) is 3.45. The van der Waals surface area contributed by atoms with Gasteiger partial charge in [0, 0.05) is 11.1 Å². The molecule has 0 bridgehead atoms. The smallest absolute Gasteiger partial charge is 0.335 e. The molecule has 0 aliphatic carbocycles. The Balaban J connectivity index is 2.17. The number of nitrogens with one attached hydrogen (secondary N) is 1. The van der Waals surface area contributed by atoms with E-state index in [0.717, 1.165) is 17.6 Å². The minimum Gasteiger partial charge on any atom is -0.410 e. The molecular weight excluding hydrogens is 338 g/mol. The number of hydrogen-bond donors (Lipinski definition) is 1. The number of hydrogen-bond acceptors (Lipinski definition) is 7. The molecule has 0 saturated carbocycles. The molecule has 23 heavy (non-hydrogen) atoms. The van der Waals surface area contributed by atoms with E-state index >= 15 is 0 Å². The number of thiophene rings is 1. The zero-order valence-corrected chi connectivity index (χ0v) is 14.8. The number of amides is 1. The summed E-state index contributed by atoms with van der Waals surface area (Å²) in [6, 6.07) is 3.25. The summed E-state index contributed by atoms with van der Waals surface area (Å²) in [5, 5.41) is 11.7. The van der Waals surface area contributed by atoms with Crippen LogP contribution < -0.4 is 5.32 Å². The van der Waals surface area contributed by atoms with Crippen LogP contribution in [-0.2, 0) is 21.1 Å². The number of carbonyl (C=O) groups excluding carboxylic acids is 1. The van der Waals surface area contributed by atoms with Gasteiger partial charge in [-0.1, -0.05) is 31.4 Å². The number of carbonyl (C=O) groups is 1. The van der Waals surface area contributed by atoms with E-state index in [-0.39, 0.29) is 24.1 Å². The van der Waals surface area contributed by atoms with E-state index in [1.807, 2.05) is 31.4 Å². The molecule has 0 unspecified atom stereocenters. The summed E-state index contributed by atoms with van der Waals surface area (Å²) in [7, 11) is -3.57. The highest BCUT2D eigenvalue weighted by Crippen LogP contribution is 2.24. The monoisotopic (exact) mass is 357 g/mol. The van der Waals surface area contributed by atoms with Crippen LogP contribution in [0.5, 0.6) is 0 Å². The minimum atomic E-state index is -3.57. The van der Waals surface area contributed by atoms with E-state index in [1.165, 1.54) is 11.3 Å². The van der Waals surface area contributed by atoms with Crippen molar-refractivity contribution in [2.45, 2.75) is 38.0 Å². The number of nitrogens with zero attached hydrogens (tertiary/aromatic N) is 2. The first-order valence-corrected chi connectivity index (χ1v) is 9.93. The molecule has 2 atom stereocenters. The van der Waals surface area contributed by atoms with Crippen LogP contribution in [0.3, 0.4) is 0 Å². The van der Waals surface area contributed by atoms with Gasteiger partial charge in [0.15, 0.2) is 0 Å². The minimum absolute atomic E-state index is 0.0233. The second-order valence-electron chi connectivity index (χ2n) is 5.37. The fourth-order valence-electron chi connectivity index (χ4n) is 1.97. The third kappa shape index (κ3) is 4.61. The van der Waals surface area contributed by atoms with E-state index in [4.69, 9.17) is 4.42 Å². The zero-order valence-electron chi connectivity index (χ0n) is 13.1. The van der Waals surface area contributed by atoms with Gasteiger partial charge in [-0.05, 0) is 17.4 Å². The van der Waals surface area contributed by atoms with Gasteiger partial charge in [0.2, 0.25) is 21.6 Å². The average molecular weight is 357 g/mol. The fourth-order valence-corrected chi connectivity index (χ4v) is 3.10. The van der Waals surface area contributed by atoms with Gasteiger partial charge < -0.3 is 9.73 Å². The van der Waals surface area contributed by atoms with E-state index in [0.29, 0.717) is 0 Å². The summed E-state index contributed by atoms with van der Waals surface area (Å²) >= 11 is 1.50. The molecule has 0 spiro atoms. The van der Waals surface area contributed by atoms with Crippen molar-refractivity contribution in [1.82, 2.24) is 15.5 Å². The molecule has 0 radical (unpaired) electrons. The normalized spacial score (nSPS) is 14.4. The summed E-state index contributed by atoms with van der Waals surface area (Å²) in [6.45, 7) is 3.90. The summed E-state index contributed by atoms with van der Waals surface area (Å²) in [5.74, 6) is -0.0358. The Morgan fingerprint density at radius 2 is 2.17 bits per heavy atom. The van der Waals surface area contributed by atoms with Crippen LogP contribution >= 0.6 is 11.3 Å². The first-order valence-electron chi connectivity index (χ1n) is 7.16. The van der Waals surface area contributed by atoms with Crippen molar-refractivity contribution in [1.29, 1.82) is 0 Å². The summed E-state index contributed by atoms with van der Waals surface area (Å²) in [4.78, 5) is 13.2. The molecule has 0 aliphatic heterocycles. The molecular formula is C14H19N3O4S2. The lowest BCUT2D eigenvalue weighted by Crippen LogP contribution is -2.33. The zero-order chi connectivity index (χ0) is 17.0. The lowest BCUT2D eigenvalue weighted by atomic mass is 9.99. The van der Waals surface area contributed by atoms with Gasteiger partial charge >= 0.3 is 5.22 Å². The Hall–Kier alpha value is -1.74. The summed E-state index contributed by atoms with van der Waals surface area (Å²) in [5.41, 5.74) is 0. The van der Waals surface area contributed by atoms with E-state index in [9.17, 15) is 13.2 Å². The van der Waals surface area contributed by atoms with Gasteiger partial charge in [0.05, 0.1) is 6.42 Å². The summed E-state index contributed by atoms with van der Waals surface area (Å²) < 4.78 is 28.2. The maximum absolute atomic E-state index is 12.2. The Bertz CT molecular complexity index is 753. The lowest BCUT2D eigenvalue weighted by molar-refractivity contribution is -0.121. The molecule has 1 N–H and O–H groups in total. The molecule has 0 fully saturated rings. The van der Waals surface area contributed by atoms with Crippen LogP contribution in [0.4, 0.5) is 0 Å². The molecule has 0 aliphatic rings. The highest BCUT2D eigenvalue weighted by atomic mass is 32.2. The molecule has 2 rings (SSSR count). The Labute approximate surface area is 139 Å². The van der Waals surface area contributed by atoms with Gasteiger partial charge in [-0.3, -0.25) is 4.79 Å². The van der Waals surface area contributed by atoms with Gasteiger partial charge in [0.25, 0.3) is 0 Å². The Morgan fingerprint density at radius 3 is 2.70 bits per heavy atom. The number of rotatable bonds is 7. The van der Waals surface area contributed by atoms with E-state index in [2.05, 4.69) is 15.5 Å². The highest BCUT2D eigenvalue weighted by molar-refractivity contribution is 7.90. The van der Waals surface area contributed by atoms with E-state index < -0.39 is 21.1 Å². The lowest BCUT2D eigenvalue weighted by Gasteiger charge is -2.20. The first kappa shape index (κ1) is 17.6. The van der Waals surface area contributed by atoms with E-state index in [1.54, 1.807) is 0 Å². The molecule has 0 aromatic carbocycles. The van der Waals surface area contributed by atoms with Crippen LogP contribution in [0, 0.1) is 5.92 Å². The van der Waals surface area contributed by atoms with Crippen molar-refractivity contribution in [3.63, 3.8) is 0 Å². The van der Waals surface area contributed by atoms with Crippen molar-refractivity contribution in [2.75, 3.05) is 6.26 Å². The van der Waals surface area contributed by atoms with Crippen LogP contribution in [-0.4, -0.2) is 30.8 Å². The van der Waals surface area contributed by atoms with Crippen molar-refractivity contribution < 1.29 is 17.6 Å². The Morgan fingerprint density at radius 1 is 1.43 bits per heavy atom. The van der Waals surface area contributed by atoms with Gasteiger partial charge in [0.1, 0.15) is 6.04 Å². The number of aromatic nitrogens is 2. The van der Waals surface area contributed by atoms with Gasteiger partial charge in [-0.2, -0.15) is 0 Å². The van der Waals surface area contributed by atoms with Gasteiger partial charge in [-0.15, -0.1) is 16.4 Å².